The van der Waals surface area contributed by atoms with E-state index in [0.29, 0.717) is 11.1 Å². The fourth-order valence-corrected chi connectivity index (χ4v) is 3.26. The molecule has 1 aromatic carbocycles. The molecule has 0 bridgehead atoms. The Balaban J connectivity index is 1.65. The number of nitriles is 1. The highest BCUT2D eigenvalue weighted by Gasteiger charge is 2.41. The molecule has 0 aromatic heterocycles. The van der Waals surface area contributed by atoms with E-state index in [4.69, 9.17) is 5.26 Å². The Labute approximate surface area is 119 Å². The topological polar surface area (TPSA) is 64.9 Å². The summed E-state index contributed by atoms with van der Waals surface area (Å²) in [6, 6.07) is 9.19. The third-order valence-electron chi connectivity index (χ3n) is 4.53. The van der Waals surface area contributed by atoms with Crippen LogP contribution in [0.2, 0.25) is 0 Å². The Kier molecular flexibility index (Phi) is 3.45. The third-order valence-corrected chi connectivity index (χ3v) is 4.53. The number of rotatable bonds is 2. The molecule has 104 valence electrons. The van der Waals surface area contributed by atoms with Crippen LogP contribution in [-0.4, -0.2) is 24.0 Å². The average Bonchev–Trinajstić information content (AvgIpc) is 2.46. The molecular formula is C16H19N3O. The largest absolute Gasteiger partial charge is 0.349 e. The molecule has 1 saturated carbocycles. The second-order valence-corrected chi connectivity index (χ2v) is 5.92. The first kappa shape index (κ1) is 13.1. The van der Waals surface area contributed by atoms with E-state index >= 15 is 0 Å². The fraction of sp³-hybridized carbons (Fsp3) is 0.500. The minimum atomic E-state index is -0.0662. The average molecular weight is 269 g/mol. The molecular weight excluding hydrogens is 250 g/mol. The molecule has 2 N–H and O–H groups in total. The van der Waals surface area contributed by atoms with Crippen LogP contribution in [0.25, 0.3) is 0 Å². The van der Waals surface area contributed by atoms with Gasteiger partial charge in [0, 0.05) is 17.1 Å². The Morgan fingerprint density at radius 1 is 1.45 bits per heavy atom. The zero-order chi connectivity index (χ0) is 14.0. The predicted octanol–water partition coefficient (Wildman–Crippen LogP) is 1.96. The van der Waals surface area contributed by atoms with Crippen molar-refractivity contribution in [2.45, 2.75) is 43.7 Å². The zero-order valence-corrected chi connectivity index (χ0v) is 11.5. The van der Waals surface area contributed by atoms with E-state index in [9.17, 15) is 4.79 Å². The molecule has 1 heterocycles. The van der Waals surface area contributed by atoms with Gasteiger partial charge >= 0.3 is 0 Å². The van der Waals surface area contributed by atoms with Gasteiger partial charge in [0.2, 0.25) is 0 Å². The van der Waals surface area contributed by atoms with Crippen LogP contribution in [0.15, 0.2) is 24.3 Å². The lowest BCUT2D eigenvalue weighted by Crippen LogP contribution is -2.59. The fourth-order valence-electron chi connectivity index (χ4n) is 3.26. The number of piperidine rings is 1. The van der Waals surface area contributed by atoms with Gasteiger partial charge in [-0.3, -0.25) is 4.79 Å². The van der Waals surface area contributed by atoms with Crippen molar-refractivity contribution in [3.63, 3.8) is 0 Å². The molecule has 20 heavy (non-hydrogen) atoms. The van der Waals surface area contributed by atoms with Crippen molar-refractivity contribution < 1.29 is 4.79 Å². The third kappa shape index (κ3) is 2.54. The number of hydrogen-bond donors (Lipinski definition) is 2. The summed E-state index contributed by atoms with van der Waals surface area (Å²) in [6.07, 6.45) is 5.74. The maximum Gasteiger partial charge on any atom is 0.251 e. The first-order valence-electron chi connectivity index (χ1n) is 7.27. The molecule has 1 aliphatic carbocycles. The number of amides is 1. The number of carbonyl (C=O) groups excluding carboxylic acids is 1. The number of hydrogen-bond acceptors (Lipinski definition) is 3. The number of nitrogens with one attached hydrogen (secondary N) is 2. The SMILES string of the molecule is N#Cc1cccc(C(=O)NC2CCNC3(CCC3)C2)c1. The summed E-state index contributed by atoms with van der Waals surface area (Å²) >= 11 is 0. The van der Waals surface area contributed by atoms with Gasteiger partial charge in [0.05, 0.1) is 11.6 Å². The highest BCUT2D eigenvalue weighted by Crippen LogP contribution is 2.38. The second kappa shape index (κ2) is 5.26. The van der Waals surface area contributed by atoms with Crippen LogP contribution in [0.3, 0.4) is 0 Å². The van der Waals surface area contributed by atoms with Gasteiger partial charge in [-0.1, -0.05) is 6.07 Å². The van der Waals surface area contributed by atoms with Gasteiger partial charge < -0.3 is 10.6 Å². The highest BCUT2D eigenvalue weighted by atomic mass is 16.1. The van der Waals surface area contributed by atoms with E-state index in [0.717, 1.165) is 19.4 Å². The summed E-state index contributed by atoms with van der Waals surface area (Å²) < 4.78 is 0. The van der Waals surface area contributed by atoms with Crippen LogP contribution in [0, 0.1) is 11.3 Å². The summed E-state index contributed by atoms with van der Waals surface area (Å²) in [4.78, 5) is 12.3. The molecule has 0 radical (unpaired) electrons. The van der Waals surface area contributed by atoms with Crippen molar-refractivity contribution >= 4 is 5.91 Å². The summed E-state index contributed by atoms with van der Waals surface area (Å²) in [5, 5.41) is 15.6. The molecule has 3 rings (SSSR count). The maximum absolute atomic E-state index is 12.3. The van der Waals surface area contributed by atoms with Crippen LogP contribution < -0.4 is 10.6 Å². The minimum Gasteiger partial charge on any atom is -0.349 e. The van der Waals surface area contributed by atoms with Crippen LogP contribution in [-0.2, 0) is 0 Å². The minimum absolute atomic E-state index is 0.0662. The Morgan fingerprint density at radius 2 is 2.30 bits per heavy atom. The lowest BCUT2D eigenvalue weighted by Gasteiger charge is -2.48. The van der Waals surface area contributed by atoms with Gasteiger partial charge in [-0.2, -0.15) is 5.26 Å². The molecule has 1 unspecified atom stereocenters. The Morgan fingerprint density at radius 3 is 3.00 bits per heavy atom. The number of carbonyl (C=O) groups is 1. The van der Waals surface area contributed by atoms with Gasteiger partial charge in [0.15, 0.2) is 0 Å². The monoisotopic (exact) mass is 269 g/mol. The second-order valence-electron chi connectivity index (χ2n) is 5.92. The predicted molar refractivity (Wildman–Crippen MR) is 76.2 cm³/mol. The maximum atomic E-state index is 12.3. The normalized spacial score (nSPS) is 23.6. The van der Waals surface area contributed by atoms with Crippen molar-refractivity contribution in [1.82, 2.24) is 10.6 Å². The lowest BCUT2D eigenvalue weighted by molar-refractivity contribution is 0.0853. The Hall–Kier alpha value is -1.86. The molecule has 1 atom stereocenters. The Bertz CT molecular complexity index is 557. The van der Waals surface area contributed by atoms with Gasteiger partial charge in [-0.25, -0.2) is 0 Å². The van der Waals surface area contributed by atoms with Gasteiger partial charge in [-0.05, 0) is 56.8 Å². The van der Waals surface area contributed by atoms with Crippen LogP contribution in [0.1, 0.15) is 48.0 Å². The van der Waals surface area contributed by atoms with Crippen molar-refractivity contribution in [3.05, 3.63) is 35.4 Å². The van der Waals surface area contributed by atoms with E-state index in [1.165, 1.54) is 19.3 Å². The molecule has 2 aliphatic rings. The van der Waals surface area contributed by atoms with Gasteiger partial charge in [-0.15, -0.1) is 0 Å². The van der Waals surface area contributed by atoms with E-state index in [-0.39, 0.29) is 17.5 Å². The first-order valence-corrected chi connectivity index (χ1v) is 7.27. The van der Waals surface area contributed by atoms with E-state index in [2.05, 4.69) is 16.7 Å². The standard InChI is InChI=1S/C16H19N3O/c17-11-12-3-1-4-13(9-12)15(20)19-14-5-8-18-16(10-14)6-2-7-16/h1,3-4,9,14,18H,2,5-8,10H2,(H,19,20). The number of benzene rings is 1. The summed E-state index contributed by atoms with van der Waals surface area (Å²) in [5.41, 5.74) is 1.38. The summed E-state index contributed by atoms with van der Waals surface area (Å²) in [6.45, 7) is 0.975. The van der Waals surface area contributed by atoms with Gasteiger partial charge in [0.1, 0.15) is 0 Å². The summed E-state index contributed by atoms with van der Waals surface area (Å²) in [5.74, 6) is -0.0662. The van der Waals surface area contributed by atoms with E-state index in [1.54, 1.807) is 24.3 Å². The number of nitrogens with zero attached hydrogens (tertiary/aromatic N) is 1. The van der Waals surface area contributed by atoms with Crippen molar-refractivity contribution in [2.75, 3.05) is 6.54 Å². The van der Waals surface area contributed by atoms with Crippen molar-refractivity contribution in [3.8, 4) is 6.07 Å². The zero-order valence-electron chi connectivity index (χ0n) is 11.5. The molecule has 4 heteroatoms. The van der Waals surface area contributed by atoms with E-state index < -0.39 is 0 Å². The van der Waals surface area contributed by atoms with Crippen molar-refractivity contribution in [2.24, 2.45) is 0 Å². The molecule has 1 spiro atoms. The smallest absolute Gasteiger partial charge is 0.251 e. The molecule has 1 aromatic rings. The highest BCUT2D eigenvalue weighted by molar-refractivity contribution is 5.94. The molecule has 1 saturated heterocycles. The van der Waals surface area contributed by atoms with Crippen LogP contribution in [0.5, 0.6) is 0 Å². The lowest BCUT2D eigenvalue weighted by atomic mass is 9.70. The van der Waals surface area contributed by atoms with E-state index in [1.807, 2.05) is 0 Å². The molecule has 1 aliphatic heterocycles. The molecule has 4 nitrogen and oxygen atoms in total. The quantitative estimate of drug-likeness (QED) is 0.862. The van der Waals surface area contributed by atoms with Crippen molar-refractivity contribution in [1.29, 1.82) is 5.26 Å². The molecule has 1 amide bonds. The van der Waals surface area contributed by atoms with Gasteiger partial charge in [0.25, 0.3) is 5.91 Å². The first-order chi connectivity index (χ1) is 9.71. The summed E-state index contributed by atoms with van der Waals surface area (Å²) in [7, 11) is 0. The van der Waals surface area contributed by atoms with Crippen LogP contribution in [0.4, 0.5) is 0 Å². The van der Waals surface area contributed by atoms with Crippen LogP contribution >= 0.6 is 0 Å². The molecule has 2 fully saturated rings.